The number of nitrogens with one attached hydrogen (secondary N) is 1. The molecule has 1 amide bonds. The van der Waals surface area contributed by atoms with Crippen molar-refractivity contribution < 1.29 is 14.7 Å². The second-order valence-electron chi connectivity index (χ2n) is 4.02. The maximum Gasteiger partial charge on any atom is 0.330 e. The summed E-state index contributed by atoms with van der Waals surface area (Å²) in [5.74, 6) is -1.66. The summed E-state index contributed by atoms with van der Waals surface area (Å²) in [6.45, 7) is 0. The lowest BCUT2D eigenvalue weighted by atomic mass is 10.1. The van der Waals surface area contributed by atoms with Crippen molar-refractivity contribution in [2.75, 3.05) is 0 Å². The zero-order valence-corrected chi connectivity index (χ0v) is 11.0. The minimum Gasteiger partial charge on any atom is -0.479 e. The van der Waals surface area contributed by atoms with Gasteiger partial charge in [0.1, 0.15) is 5.15 Å². The Labute approximate surface area is 120 Å². The van der Waals surface area contributed by atoms with Gasteiger partial charge in [0.05, 0.1) is 5.56 Å². The standard InChI is InChI=1S/C14H11ClN2O3/c15-11-7-6-10(8-16-11)13(18)17-12(14(19)20)9-4-2-1-3-5-9/h1-8,12H,(H,17,18)(H,19,20)/t12-/m0/s1. The first kappa shape index (κ1) is 14.0. The molecule has 0 aliphatic heterocycles. The molecular formula is C14H11ClN2O3. The summed E-state index contributed by atoms with van der Waals surface area (Å²) < 4.78 is 0. The Morgan fingerprint density at radius 2 is 1.85 bits per heavy atom. The lowest BCUT2D eigenvalue weighted by Gasteiger charge is -2.14. The van der Waals surface area contributed by atoms with Crippen LogP contribution in [0, 0.1) is 0 Å². The molecule has 2 aromatic rings. The number of aromatic nitrogens is 1. The predicted molar refractivity (Wildman–Crippen MR) is 73.5 cm³/mol. The van der Waals surface area contributed by atoms with E-state index in [4.69, 9.17) is 11.6 Å². The van der Waals surface area contributed by atoms with Gasteiger partial charge >= 0.3 is 5.97 Å². The van der Waals surface area contributed by atoms with Gasteiger partial charge in [-0.05, 0) is 17.7 Å². The minimum atomic E-state index is -1.13. The van der Waals surface area contributed by atoms with E-state index in [0.717, 1.165) is 0 Å². The number of carbonyl (C=O) groups excluding carboxylic acids is 1. The number of aliphatic carboxylic acids is 1. The van der Waals surface area contributed by atoms with E-state index in [1.807, 2.05) is 0 Å². The summed E-state index contributed by atoms with van der Waals surface area (Å²) in [5, 5.41) is 11.9. The van der Waals surface area contributed by atoms with Gasteiger partial charge < -0.3 is 10.4 Å². The van der Waals surface area contributed by atoms with E-state index in [1.54, 1.807) is 30.3 Å². The second-order valence-corrected chi connectivity index (χ2v) is 4.41. The molecule has 0 saturated carbocycles. The Kier molecular flexibility index (Phi) is 4.32. The number of hydrogen-bond donors (Lipinski definition) is 2. The van der Waals surface area contributed by atoms with Crippen LogP contribution in [0.25, 0.3) is 0 Å². The predicted octanol–water partition coefficient (Wildman–Crippen LogP) is 2.29. The Morgan fingerprint density at radius 3 is 2.40 bits per heavy atom. The highest BCUT2D eigenvalue weighted by Crippen LogP contribution is 2.14. The Bertz CT molecular complexity index is 614. The first-order valence-electron chi connectivity index (χ1n) is 5.78. The quantitative estimate of drug-likeness (QED) is 0.847. The third-order valence-electron chi connectivity index (χ3n) is 2.64. The summed E-state index contributed by atoms with van der Waals surface area (Å²) >= 11 is 5.63. The highest BCUT2D eigenvalue weighted by atomic mass is 35.5. The lowest BCUT2D eigenvalue weighted by Crippen LogP contribution is -2.33. The molecule has 0 radical (unpaired) electrons. The van der Waals surface area contributed by atoms with Crippen molar-refractivity contribution in [3.05, 3.63) is 64.9 Å². The zero-order chi connectivity index (χ0) is 14.5. The molecule has 0 saturated heterocycles. The first-order chi connectivity index (χ1) is 9.58. The maximum absolute atomic E-state index is 12.0. The van der Waals surface area contributed by atoms with Gasteiger partial charge in [-0.2, -0.15) is 0 Å². The second kappa shape index (κ2) is 6.16. The van der Waals surface area contributed by atoms with Crippen molar-refractivity contribution in [3.8, 4) is 0 Å². The van der Waals surface area contributed by atoms with Crippen molar-refractivity contribution in [2.45, 2.75) is 6.04 Å². The number of carboxylic acid groups (broad SMARTS) is 1. The molecule has 0 fully saturated rings. The van der Waals surface area contributed by atoms with Gasteiger partial charge in [0, 0.05) is 6.20 Å². The number of pyridine rings is 1. The Morgan fingerprint density at radius 1 is 1.15 bits per heavy atom. The molecule has 1 atom stereocenters. The molecule has 20 heavy (non-hydrogen) atoms. The zero-order valence-electron chi connectivity index (χ0n) is 10.3. The average molecular weight is 291 g/mol. The normalized spacial score (nSPS) is 11.7. The van der Waals surface area contributed by atoms with E-state index in [0.29, 0.717) is 5.56 Å². The van der Waals surface area contributed by atoms with Crippen LogP contribution in [0.3, 0.4) is 0 Å². The Balaban J connectivity index is 2.19. The molecule has 0 spiro atoms. The van der Waals surface area contributed by atoms with Crippen LogP contribution in [-0.2, 0) is 4.79 Å². The first-order valence-corrected chi connectivity index (χ1v) is 6.16. The molecule has 1 heterocycles. The highest BCUT2D eigenvalue weighted by Gasteiger charge is 2.22. The number of amides is 1. The smallest absolute Gasteiger partial charge is 0.330 e. The van der Waals surface area contributed by atoms with Gasteiger partial charge in [0.15, 0.2) is 6.04 Å². The SMILES string of the molecule is O=C(N[C@H](C(=O)O)c1ccccc1)c1ccc(Cl)nc1. The fraction of sp³-hybridized carbons (Fsp3) is 0.0714. The van der Waals surface area contributed by atoms with Gasteiger partial charge in [0.25, 0.3) is 5.91 Å². The van der Waals surface area contributed by atoms with Gasteiger partial charge in [-0.3, -0.25) is 4.79 Å². The summed E-state index contributed by atoms with van der Waals surface area (Å²) in [6, 6.07) is 10.3. The number of carbonyl (C=O) groups is 2. The monoisotopic (exact) mass is 290 g/mol. The average Bonchev–Trinajstić information content (AvgIpc) is 2.46. The molecule has 6 heteroatoms. The molecule has 0 unspecified atom stereocenters. The molecule has 0 aliphatic rings. The van der Waals surface area contributed by atoms with Crippen LogP contribution < -0.4 is 5.32 Å². The highest BCUT2D eigenvalue weighted by molar-refractivity contribution is 6.29. The molecule has 0 aliphatic carbocycles. The van der Waals surface area contributed by atoms with Gasteiger partial charge in [0.2, 0.25) is 0 Å². The topological polar surface area (TPSA) is 79.3 Å². The molecule has 2 N–H and O–H groups in total. The third-order valence-corrected chi connectivity index (χ3v) is 2.87. The molecule has 1 aromatic heterocycles. The summed E-state index contributed by atoms with van der Waals surface area (Å²) in [7, 11) is 0. The van der Waals surface area contributed by atoms with Crippen molar-refractivity contribution >= 4 is 23.5 Å². The van der Waals surface area contributed by atoms with E-state index in [1.165, 1.54) is 18.3 Å². The van der Waals surface area contributed by atoms with Crippen LogP contribution in [0.4, 0.5) is 0 Å². The van der Waals surface area contributed by atoms with Crippen molar-refractivity contribution in [1.29, 1.82) is 0 Å². The van der Waals surface area contributed by atoms with Gasteiger partial charge in [-0.15, -0.1) is 0 Å². The summed E-state index contributed by atoms with van der Waals surface area (Å²) in [5.41, 5.74) is 0.742. The van der Waals surface area contributed by atoms with E-state index in [9.17, 15) is 14.7 Å². The molecule has 1 aromatic carbocycles. The van der Waals surface area contributed by atoms with E-state index in [2.05, 4.69) is 10.3 Å². The van der Waals surface area contributed by atoms with Gasteiger partial charge in [-0.25, -0.2) is 9.78 Å². The number of carboxylic acids is 1. The molecule has 2 rings (SSSR count). The van der Waals surface area contributed by atoms with Crippen molar-refractivity contribution in [3.63, 3.8) is 0 Å². The van der Waals surface area contributed by atoms with Crippen LogP contribution in [0.2, 0.25) is 5.15 Å². The van der Waals surface area contributed by atoms with Crippen molar-refractivity contribution in [2.24, 2.45) is 0 Å². The lowest BCUT2D eigenvalue weighted by molar-refractivity contribution is -0.139. The number of halogens is 1. The molecule has 0 bridgehead atoms. The number of nitrogens with zero attached hydrogens (tertiary/aromatic N) is 1. The molecule has 102 valence electrons. The van der Waals surface area contributed by atoms with Crippen LogP contribution in [-0.4, -0.2) is 22.0 Å². The Hall–Kier alpha value is -2.40. The summed E-state index contributed by atoms with van der Waals surface area (Å²) in [6.07, 6.45) is 1.29. The van der Waals surface area contributed by atoms with Crippen molar-refractivity contribution in [1.82, 2.24) is 10.3 Å². The molecular weight excluding hydrogens is 280 g/mol. The number of benzene rings is 1. The van der Waals surface area contributed by atoms with Gasteiger partial charge in [-0.1, -0.05) is 41.9 Å². The minimum absolute atomic E-state index is 0.247. The largest absolute Gasteiger partial charge is 0.479 e. The van der Waals surface area contributed by atoms with Crippen LogP contribution >= 0.6 is 11.6 Å². The number of hydrogen-bond acceptors (Lipinski definition) is 3. The van der Waals surface area contributed by atoms with E-state index in [-0.39, 0.29) is 10.7 Å². The third kappa shape index (κ3) is 3.33. The van der Waals surface area contributed by atoms with E-state index >= 15 is 0 Å². The maximum atomic E-state index is 12.0. The number of rotatable bonds is 4. The van der Waals surface area contributed by atoms with Crippen LogP contribution in [0.1, 0.15) is 22.0 Å². The summed E-state index contributed by atoms with van der Waals surface area (Å²) in [4.78, 5) is 27.0. The fourth-order valence-electron chi connectivity index (χ4n) is 1.66. The van der Waals surface area contributed by atoms with Crippen LogP contribution in [0.5, 0.6) is 0 Å². The molecule has 5 nitrogen and oxygen atoms in total. The van der Waals surface area contributed by atoms with Crippen LogP contribution in [0.15, 0.2) is 48.7 Å². The van der Waals surface area contributed by atoms with E-state index < -0.39 is 17.9 Å². The fourth-order valence-corrected chi connectivity index (χ4v) is 1.77.